The molecule has 0 N–H and O–H groups in total. The molecule has 4 nitrogen and oxygen atoms in total. The Bertz CT molecular complexity index is 446. The second-order valence-corrected chi connectivity index (χ2v) is 4.84. The van der Waals surface area contributed by atoms with Crippen LogP contribution in [0.5, 0.6) is 0 Å². The Morgan fingerprint density at radius 1 is 1.46 bits per heavy atom. The molecule has 0 fully saturated rings. The van der Waals surface area contributed by atoms with Gasteiger partial charge in [-0.2, -0.15) is 0 Å². The predicted octanol–water partition coefficient (Wildman–Crippen LogP) is 1.15. The molecule has 0 radical (unpaired) electrons. The average Bonchev–Trinajstić information content (AvgIpc) is 2.28. The van der Waals surface area contributed by atoms with Crippen molar-refractivity contribution in [1.82, 2.24) is 3.97 Å². The first-order valence-corrected chi connectivity index (χ1v) is 5.65. The van der Waals surface area contributed by atoms with Crippen molar-refractivity contribution in [3.63, 3.8) is 0 Å². The summed E-state index contributed by atoms with van der Waals surface area (Å²) in [6.45, 7) is 1.29. The SMILES string of the molecule is CC(=O)c1ccc(Cl)n1S(C)(=O)=O. The zero-order chi connectivity index (χ0) is 10.2. The van der Waals surface area contributed by atoms with E-state index < -0.39 is 10.0 Å². The minimum Gasteiger partial charge on any atom is -0.293 e. The lowest BCUT2D eigenvalue weighted by Crippen LogP contribution is -2.15. The van der Waals surface area contributed by atoms with E-state index >= 15 is 0 Å². The van der Waals surface area contributed by atoms with Crippen molar-refractivity contribution in [2.24, 2.45) is 0 Å². The molecule has 0 spiro atoms. The largest absolute Gasteiger partial charge is 0.293 e. The van der Waals surface area contributed by atoms with Crippen LogP contribution < -0.4 is 0 Å². The smallest absolute Gasteiger partial charge is 0.237 e. The van der Waals surface area contributed by atoms with Gasteiger partial charge >= 0.3 is 0 Å². The first-order chi connectivity index (χ1) is 5.84. The van der Waals surface area contributed by atoms with Crippen molar-refractivity contribution in [2.45, 2.75) is 6.92 Å². The number of rotatable bonds is 2. The number of carbonyl (C=O) groups is 1. The van der Waals surface area contributed by atoms with Crippen LogP contribution in [0.25, 0.3) is 0 Å². The summed E-state index contributed by atoms with van der Waals surface area (Å²) in [6, 6.07) is 2.76. The van der Waals surface area contributed by atoms with E-state index in [-0.39, 0.29) is 16.6 Å². The Labute approximate surface area is 81.2 Å². The lowest BCUT2D eigenvalue weighted by molar-refractivity contribution is 0.101. The van der Waals surface area contributed by atoms with E-state index in [1.54, 1.807) is 0 Å². The Hall–Kier alpha value is -0.810. The normalized spacial score (nSPS) is 11.6. The van der Waals surface area contributed by atoms with Crippen LogP contribution >= 0.6 is 11.6 Å². The Kier molecular flexibility index (Phi) is 2.49. The zero-order valence-corrected chi connectivity index (χ0v) is 8.69. The van der Waals surface area contributed by atoms with Gasteiger partial charge in [-0.15, -0.1) is 0 Å². The van der Waals surface area contributed by atoms with Crippen molar-refractivity contribution in [3.05, 3.63) is 23.0 Å². The third-order valence-electron chi connectivity index (χ3n) is 1.48. The molecule has 1 heterocycles. The van der Waals surface area contributed by atoms with Crippen molar-refractivity contribution in [3.8, 4) is 0 Å². The van der Waals surface area contributed by atoms with E-state index in [4.69, 9.17) is 11.6 Å². The highest BCUT2D eigenvalue weighted by Gasteiger charge is 2.17. The summed E-state index contributed by atoms with van der Waals surface area (Å²) in [5.41, 5.74) is 0.0764. The van der Waals surface area contributed by atoms with Gasteiger partial charge < -0.3 is 0 Å². The molecule has 0 aliphatic rings. The van der Waals surface area contributed by atoms with Crippen LogP contribution in [-0.4, -0.2) is 24.4 Å². The van der Waals surface area contributed by atoms with E-state index in [0.717, 1.165) is 10.2 Å². The molecule has 0 aromatic carbocycles. The molecule has 0 saturated heterocycles. The molecule has 0 unspecified atom stereocenters. The van der Waals surface area contributed by atoms with Crippen LogP contribution in [0.4, 0.5) is 0 Å². The summed E-state index contributed by atoms with van der Waals surface area (Å²) in [6.07, 6.45) is 0.991. The number of halogens is 1. The minimum absolute atomic E-state index is 0.0210. The van der Waals surface area contributed by atoms with Gasteiger partial charge in [-0.3, -0.25) is 4.79 Å². The van der Waals surface area contributed by atoms with Crippen LogP contribution in [0.2, 0.25) is 5.15 Å². The number of Topliss-reactive ketones (excluding diaryl/α,β-unsaturated/α-hetero) is 1. The van der Waals surface area contributed by atoms with E-state index in [9.17, 15) is 13.2 Å². The molecule has 0 bridgehead atoms. The number of carbonyl (C=O) groups excluding carboxylic acids is 1. The lowest BCUT2D eigenvalue weighted by Gasteiger charge is -2.04. The number of nitrogens with zero attached hydrogens (tertiary/aromatic N) is 1. The van der Waals surface area contributed by atoms with Gasteiger partial charge in [-0.1, -0.05) is 11.6 Å². The fourth-order valence-corrected chi connectivity index (χ4v) is 2.45. The maximum absolute atomic E-state index is 11.2. The van der Waals surface area contributed by atoms with E-state index in [1.807, 2.05) is 0 Å². The molecule has 0 aliphatic carbocycles. The summed E-state index contributed by atoms with van der Waals surface area (Å²) >= 11 is 5.61. The standard InChI is InChI=1S/C7H8ClNO3S/c1-5(10)6-3-4-7(8)9(6)13(2,11)12/h3-4H,1-2H3. The molecular formula is C7H8ClNO3S. The molecule has 0 aliphatic heterocycles. The number of aromatic nitrogens is 1. The third kappa shape index (κ3) is 1.92. The van der Waals surface area contributed by atoms with Crippen molar-refractivity contribution in [1.29, 1.82) is 0 Å². The first-order valence-electron chi connectivity index (χ1n) is 3.43. The van der Waals surface area contributed by atoms with Gasteiger partial charge in [0.1, 0.15) is 10.8 Å². The fraction of sp³-hybridized carbons (Fsp3) is 0.286. The van der Waals surface area contributed by atoms with Gasteiger partial charge in [-0.25, -0.2) is 12.4 Å². The van der Waals surface area contributed by atoms with Crippen LogP contribution in [0.15, 0.2) is 12.1 Å². The van der Waals surface area contributed by atoms with E-state index in [0.29, 0.717) is 0 Å². The quantitative estimate of drug-likeness (QED) is 0.704. The van der Waals surface area contributed by atoms with Crippen molar-refractivity contribution in [2.75, 3.05) is 6.26 Å². The Morgan fingerprint density at radius 3 is 2.31 bits per heavy atom. The summed E-state index contributed by atoms with van der Waals surface area (Å²) in [7, 11) is -3.50. The highest BCUT2D eigenvalue weighted by atomic mass is 35.5. The van der Waals surface area contributed by atoms with Crippen molar-refractivity contribution < 1.29 is 13.2 Å². The van der Waals surface area contributed by atoms with E-state index in [1.165, 1.54) is 19.1 Å². The molecule has 1 rings (SSSR count). The molecule has 6 heteroatoms. The number of ketones is 1. The van der Waals surface area contributed by atoms with Gasteiger partial charge in [0.2, 0.25) is 10.0 Å². The van der Waals surface area contributed by atoms with Crippen molar-refractivity contribution >= 4 is 27.4 Å². The average molecular weight is 222 g/mol. The van der Waals surface area contributed by atoms with Gasteiger partial charge in [0.15, 0.2) is 5.78 Å². The topological polar surface area (TPSA) is 56.1 Å². The monoisotopic (exact) mass is 221 g/mol. The van der Waals surface area contributed by atoms with Gasteiger partial charge in [0.05, 0.1) is 6.26 Å². The Balaban J connectivity index is 3.51. The number of hydrogen-bond donors (Lipinski definition) is 0. The molecule has 1 aromatic rings. The van der Waals surface area contributed by atoms with Crippen LogP contribution in [-0.2, 0) is 10.0 Å². The summed E-state index contributed by atoms with van der Waals surface area (Å²) < 4.78 is 23.1. The first kappa shape index (κ1) is 10.3. The predicted molar refractivity (Wildman–Crippen MR) is 49.7 cm³/mol. The van der Waals surface area contributed by atoms with Gasteiger partial charge in [0, 0.05) is 6.92 Å². The fourth-order valence-electron chi connectivity index (χ4n) is 0.996. The second-order valence-electron chi connectivity index (χ2n) is 2.62. The Morgan fingerprint density at radius 2 is 2.00 bits per heavy atom. The van der Waals surface area contributed by atoms with Gasteiger partial charge in [-0.05, 0) is 12.1 Å². The zero-order valence-electron chi connectivity index (χ0n) is 7.11. The maximum Gasteiger partial charge on any atom is 0.237 e. The maximum atomic E-state index is 11.2. The highest BCUT2D eigenvalue weighted by molar-refractivity contribution is 7.89. The van der Waals surface area contributed by atoms with Crippen LogP contribution in [0.3, 0.4) is 0 Å². The molecular weight excluding hydrogens is 214 g/mol. The molecule has 0 saturated carbocycles. The number of hydrogen-bond acceptors (Lipinski definition) is 3. The molecule has 13 heavy (non-hydrogen) atoms. The molecule has 1 aromatic heterocycles. The lowest BCUT2D eigenvalue weighted by atomic mass is 10.3. The molecule has 0 amide bonds. The summed E-state index contributed by atoms with van der Waals surface area (Å²) in [5.74, 6) is -0.336. The van der Waals surface area contributed by atoms with E-state index in [2.05, 4.69) is 0 Å². The molecule has 72 valence electrons. The highest BCUT2D eigenvalue weighted by Crippen LogP contribution is 2.17. The van der Waals surface area contributed by atoms with Crippen LogP contribution in [0, 0.1) is 0 Å². The second kappa shape index (κ2) is 3.16. The van der Waals surface area contributed by atoms with Gasteiger partial charge in [0.25, 0.3) is 0 Å². The summed E-state index contributed by atoms with van der Waals surface area (Å²) in [5, 5.41) is 0.0210. The van der Waals surface area contributed by atoms with Crippen LogP contribution in [0.1, 0.15) is 17.4 Å². The summed E-state index contributed by atoms with van der Waals surface area (Å²) in [4.78, 5) is 11.0. The third-order valence-corrected chi connectivity index (χ3v) is 2.94. The molecule has 0 atom stereocenters. The minimum atomic E-state index is -3.50.